The Kier molecular flexibility index (Phi) is 6.15. The van der Waals surface area contributed by atoms with E-state index in [1.54, 1.807) is 12.1 Å². The predicted molar refractivity (Wildman–Crippen MR) is 86.0 cm³/mol. The Morgan fingerprint density at radius 1 is 1.24 bits per heavy atom. The lowest BCUT2D eigenvalue weighted by Crippen LogP contribution is -2.28. The van der Waals surface area contributed by atoms with Gasteiger partial charge in [-0.1, -0.05) is 17.3 Å². The van der Waals surface area contributed by atoms with Gasteiger partial charge in [-0.05, 0) is 24.8 Å². The van der Waals surface area contributed by atoms with E-state index in [1.165, 1.54) is 18.3 Å². The monoisotopic (exact) mass is 347 g/mol. The lowest BCUT2D eigenvalue weighted by molar-refractivity contribution is -0.384. The number of aromatic carboxylic acids is 1. The number of aryl methyl sites for hydroxylation is 1. The summed E-state index contributed by atoms with van der Waals surface area (Å²) in [6.07, 6.45) is 3.53. The Morgan fingerprint density at radius 2 is 1.96 bits per heavy atom. The van der Waals surface area contributed by atoms with Crippen LogP contribution in [0.5, 0.6) is 0 Å². The van der Waals surface area contributed by atoms with Gasteiger partial charge >= 0.3 is 5.97 Å². The predicted octanol–water partition coefficient (Wildman–Crippen LogP) is 1.02. The van der Waals surface area contributed by atoms with Crippen molar-refractivity contribution >= 4 is 17.6 Å². The Hall–Kier alpha value is -3.30. The summed E-state index contributed by atoms with van der Waals surface area (Å²) in [5.74, 6) is -1.48. The zero-order valence-electron chi connectivity index (χ0n) is 13.3. The number of non-ortho nitro benzene ring substituents is 1. The molecule has 0 unspecified atom stereocenters. The topological polar surface area (TPSA) is 140 Å². The standard InChI is InChI=1S/C15H17N5O5/c21-14(10-19-9-13(15(22)23)17-18-19)16-8-2-1-3-11-4-6-12(7-5-11)20(24)25/h4-7,9H,1-3,8,10H2,(H,16,21)(H,22,23). The number of aromatic nitrogens is 3. The van der Waals surface area contributed by atoms with Crippen LogP contribution in [0.25, 0.3) is 0 Å². The van der Waals surface area contributed by atoms with Crippen molar-refractivity contribution in [1.82, 2.24) is 20.3 Å². The van der Waals surface area contributed by atoms with Crippen LogP contribution in [0, 0.1) is 10.1 Å². The zero-order valence-corrected chi connectivity index (χ0v) is 13.3. The number of rotatable bonds is 9. The van der Waals surface area contributed by atoms with E-state index in [1.807, 2.05) is 0 Å². The minimum Gasteiger partial charge on any atom is -0.476 e. The molecule has 1 aromatic heterocycles. The van der Waals surface area contributed by atoms with Crippen LogP contribution in [0.2, 0.25) is 0 Å². The number of hydrogen-bond acceptors (Lipinski definition) is 6. The fourth-order valence-electron chi connectivity index (χ4n) is 2.14. The molecule has 132 valence electrons. The van der Waals surface area contributed by atoms with Crippen molar-refractivity contribution in [1.29, 1.82) is 0 Å². The van der Waals surface area contributed by atoms with Gasteiger partial charge in [0.15, 0.2) is 5.69 Å². The van der Waals surface area contributed by atoms with Gasteiger partial charge in [-0.15, -0.1) is 5.10 Å². The molecule has 10 nitrogen and oxygen atoms in total. The van der Waals surface area contributed by atoms with E-state index in [2.05, 4.69) is 15.6 Å². The van der Waals surface area contributed by atoms with Crippen molar-refractivity contribution in [2.45, 2.75) is 25.8 Å². The maximum Gasteiger partial charge on any atom is 0.358 e. The normalized spacial score (nSPS) is 10.4. The van der Waals surface area contributed by atoms with Crippen molar-refractivity contribution in [2.75, 3.05) is 6.54 Å². The first kappa shape index (κ1) is 18.0. The van der Waals surface area contributed by atoms with Gasteiger partial charge in [-0.3, -0.25) is 14.9 Å². The molecule has 1 aromatic carbocycles. The summed E-state index contributed by atoms with van der Waals surface area (Å²) in [4.78, 5) is 32.5. The fourth-order valence-corrected chi connectivity index (χ4v) is 2.14. The van der Waals surface area contributed by atoms with Gasteiger partial charge < -0.3 is 10.4 Å². The second-order valence-electron chi connectivity index (χ2n) is 5.34. The molecule has 1 amide bonds. The van der Waals surface area contributed by atoms with Crippen LogP contribution in [0.15, 0.2) is 30.5 Å². The minimum absolute atomic E-state index is 0.0650. The second kappa shape index (κ2) is 8.52. The van der Waals surface area contributed by atoms with Gasteiger partial charge in [0, 0.05) is 18.7 Å². The number of carboxylic acids is 1. The number of carbonyl (C=O) groups excluding carboxylic acids is 1. The van der Waals surface area contributed by atoms with Gasteiger partial charge in [0.25, 0.3) is 5.69 Å². The molecule has 1 heterocycles. The maximum absolute atomic E-state index is 11.7. The average Bonchev–Trinajstić information content (AvgIpc) is 3.03. The highest BCUT2D eigenvalue weighted by molar-refractivity contribution is 5.84. The highest BCUT2D eigenvalue weighted by Crippen LogP contribution is 2.13. The van der Waals surface area contributed by atoms with Crippen molar-refractivity contribution in [2.24, 2.45) is 0 Å². The number of carboxylic acid groups (broad SMARTS) is 1. The number of nitrogens with zero attached hydrogens (tertiary/aromatic N) is 4. The smallest absolute Gasteiger partial charge is 0.358 e. The lowest BCUT2D eigenvalue weighted by atomic mass is 10.1. The van der Waals surface area contributed by atoms with Gasteiger partial charge in [0.2, 0.25) is 5.91 Å². The van der Waals surface area contributed by atoms with Crippen LogP contribution in [0.1, 0.15) is 28.9 Å². The number of nitro groups is 1. The van der Waals surface area contributed by atoms with E-state index in [0.717, 1.165) is 29.5 Å². The summed E-state index contributed by atoms with van der Waals surface area (Å²) in [5, 5.41) is 29.0. The van der Waals surface area contributed by atoms with Crippen molar-refractivity contribution in [3.05, 3.63) is 51.8 Å². The van der Waals surface area contributed by atoms with Gasteiger partial charge in [0.05, 0.1) is 11.1 Å². The molecule has 0 bridgehead atoms. The molecule has 2 rings (SSSR count). The number of hydrogen-bond donors (Lipinski definition) is 2. The molecule has 0 aliphatic carbocycles. The Bertz CT molecular complexity index is 756. The van der Waals surface area contributed by atoms with Crippen LogP contribution in [-0.2, 0) is 17.8 Å². The Labute approximate surface area is 142 Å². The summed E-state index contributed by atoms with van der Waals surface area (Å²) in [5.41, 5.74) is 0.854. The van der Waals surface area contributed by atoms with E-state index in [9.17, 15) is 19.7 Å². The molecule has 0 atom stereocenters. The van der Waals surface area contributed by atoms with E-state index in [4.69, 9.17) is 5.11 Å². The highest BCUT2D eigenvalue weighted by Gasteiger charge is 2.10. The van der Waals surface area contributed by atoms with Crippen LogP contribution in [0.4, 0.5) is 5.69 Å². The number of amides is 1. The first-order chi connectivity index (χ1) is 12.0. The van der Waals surface area contributed by atoms with Crippen LogP contribution < -0.4 is 5.32 Å². The third kappa shape index (κ3) is 5.68. The largest absolute Gasteiger partial charge is 0.476 e. The maximum atomic E-state index is 11.7. The minimum atomic E-state index is -1.20. The van der Waals surface area contributed by atoms with Crippen LogP contribution >= 0.6 is 0 Å². The van der Waals surface area contributed by atoms with Gasteiger partial charge in [0.1, 0.15) is 6.54 Å². The first-order valence-corrected chi connectivity index (χ1v) is 7.59. The molecule has 0 radical (unpaired) electrons. The van der Waals surface area contributed by atoms with Crippen molar-refractivity contribution in [3.8, 4) is 0 Å². The molecule has 0 spiro atoms. The fraction of sp³-hybridized carbons (Fsp3) is 0.333. The third-order valence-corrected chi connectivity index (χ3v) is 3.42. The summed E-state index contributed by atoms with van der Waals surface area (Å²) in [6.45, 7) is 0.384. The lowest BCUT2D eigenvalue weighted by Gasteiger charge is -2.05. The second-order valence-corrected chi connectivity index (χ2v) is 5.34. The molecular weight excluding hydrogens is 330 g/mol. The molecule has 2 aromatic rings. The van der Waals surface area contributed by atoms with Crippen molar-refractivity contribution < 1.29 is 19.6 Å². The molecule has 10 heteroatoms. The van der Waals surface area contributed by atoms with Crippen molar-refractivity contribution in [3.63, 3.8) is 0 Å². The molecule has 0 saturated heterocycles. The van der Waals surface area contributed by atoms with E-state index >= 15 is 0 Å². The number of unbranched alkanes of at least 4 members (excludes halogenated alkanes) is 1. The van der Waals surface area contributed by atoms with E-state index in [-0.39, 0.29) is 23.8 Å². The summed E-state index contributed by atoms with van der Waals surface area (Å²) >= 11 is 0. The molecule has 25 heavy (non-hydrogen) atoms. The molecule has 0 aliphatic rings. The molecular formula is C15H17N5O5. The van der Waals surface area contributed by atoms with E-state index < -0.39 is 10.9 Å². The quantitative estimate of drug-likeness (QED) is 0.392. The average molecular weight is 347 g/mol. The molecule has 0 saturated carbocycles. The number of nitro benzene ring substituents is 1. The third-order valence-electron chi connectivity index (χ3n) is 3.42. The van der Waals surface area contributed by atoms with E-state index in [0.29, 0.717) is 6.54 Å². The number of benzene rings is 1. The summed E-state index contributed by atoms with van der Waals surface area (Å²) < 4.78 is 1.16. The van der Waals surface area contributed by atoms with Crippen LogP contribution in [-0.4, -0.2) is 43.4 Å². The van der Waals surface area contributed by atoms with Crippen LogP contribution in [0.3, 0.4) is 0 Å². The Balaban J connectivity index is 1.64. The Morgan fingerprint density at radius 3 is 2.56 bits per heavy atom. The van der Waals surface area contributed by atoms with Gasteiger partial charge in [-0.25, -0.2) is 9.48 Å². The molecule has 2 N–H and O–H groups in total. The summed E-state index contributed by atoms with van der Waals surface area (Å²) in [7, 11) is 0. The highest BCUT2D eigenvalue weighted by atomic mass is 16.6. The SMILES string of the molecule is O=C(Cn1cc(C(=O)O)nn1)NCCCCc1ccc([N+](=O)[O-])cc1. The number of carbonyl (C=O) groups is 2. The van der Waals surface area contributed by atoms with Gasteiger partial charge in [-0.2, -0.15) is 0 Å². The zero-order chi connectivity index (χ0) is 18.2. The first-order valence-electron chi connectivity index (χ1n) is 7.59. The summed E-state index contributed by atoms with van der Waals surface area (Å²) in [6, 6.07) is 6.39. The number of nitrogens with one attached hydrogen (secondary N) is 1. The molecule has 0 aliphatic heterocycles. The molecule has 0 fully saturated rings.